The van der Waals surface area contributed by atoms with Gasteiger partial charge in [0.2, 0.25) is 0 Å². The van der Waals surface area contributed by atoms with Crippen LogP contribution in [0.1, 0.15) is 121 Å². The third kappa shape index (κ3) is 4.81. The molecule has 2 heterocycles. The number of ketones is 4. The number of thiazole rings is 2. The molecule has 0 N–H and O–H groups in total. The molecule has 2 spiro atoms. The van der Waals surface area contributed by atoms with Crippen LogP contribution in [0.25, 0.3) is 23.3 Å². The highest BCUT2D eigenvalue weighted by Crippen LogP contribution is 2.70. The summed E-state index contributed by atoms with van der Waals surface area (Å²) >= 11 is 3.09. The Bertz CT molecular complexity index is 2290. The fourth-order valence-corrected chi connectivity index (χ4v) is 13.0. The van der Waals surface area contributed by atoms with Crippen molar-refractivity contribution in [1.29, 1.82) is 0 Å². The van der Waals surface area contributed by atoms with E-state index in [2.05, 4.69) is 0 Å². The van der Waals surface area contributed by atoms with Crippen LogP contribution in [0, 0.1) is 5.92 Å². The number of rotatable bonds is 3. The normalized spacial score (nSPS) is 26.1. The van der Waals surface area contributed by atoms with Crippen LogP contribution >= 0.6 is 22.7 Å². The maximum atomic E-state index is 13.6. The molecule has 0 radical (unpaired) electrons. The number of aromatic nitrogens is 2. The third-order valence-electron chi connectivity index (χ3n) is 12.7. The van der Waals surface area contributed by atoms with E-state index < -0.39 is 30.1 Å². The number of hydrogen-bond donors (Lipinski definition) is 0. The molecular weight excluding hydrogens is 718 g/mol. The van der Waals surface area contributed by atoms with Crippen LogP contribution < -0.4 is 0 Å². The van der Waals surface area contributed by atoms with E-state index in [-0.39, 0.29) is 51.1 Å². The first-order valence-corrected chi connectivity index (χ1v) is 20.4. The zero-order chi connectivity index (χ0) is 36.4. The summed E-state index contributed by atoms with van der Waals surface area (Å²) in [6.07, 6.45) is 16.1. The van der Waals surface area contributed by atoms with Gasteiger partial charge in [0, 0.05) is 33.1 Å². The van der Waals surface area contributed by atoms with Gasteiger partial charge in [-0.1, -0.05) is 62.8 Å². The Hall–Kier alpha value is -4.09. The molecule has 0 amide bonds. The first-order valence-electron chi connectivity index (χ1n) is 18.8. The third-order valence-corrected chi connectivity index (χ3v) is 14.8. The van der Waals surface area contributed by atoms with Gasteiger partial charge in [0.25, 0.3) is 0 Å². The zero-order valence-electron chi connectivity index (χ0n) is 28.9. The largest absolute Gasteiger partial charge is 0.389 e. The van der Waals surface area contributed by atoms with E-state index in [1.54, 1.807) is 23.5 Å². The van der Waals surface area contributed by atoms with Crippen molar-refractivity contribution in [1.82, 2.24) is 9.97 Å². The van der Waals surface area contributed by atoms with Crippen molar-refractivity contribution in [2.75, 3.05) is 0 Å². The molecule has 4 saturated carbocycles. The quantitative estimate of drug-likeness (QED) is 0.229. The Morgan fingerprint density at radius 1 is 0.642 bits per heavy atom. The second kappa shape index (κ2) is 11.7. The number of nitrogens with zero attached hydrogens (tertiary/aromatic N) is 2. The molecule has 8 aliphatic carbocycles. The van der Waals surface area contributed by atoms with Gasteiger partial charge in [-0.15, -0.1) is 22.7 Å². The van der Waals surface area contributed by atoms with Crippen molar-refractivity contribution in [3.05, 3.63) is 88.9 Å². The van der Waals surface area contributed by atoms with E-state index in [1.165, 1.54) is 34.6 Å². The second-order valence-electron chi connectivity index (χ2n) is 15.8. The van der Waals surface area contributed by atoms with Gasteiger partial charge in [-0.25, -0.2) is 9.97 Å². The number of carbonyl (C=O) groups is 4. The number of fused-ring (bicyclic) bond motifs is 10. The molecule has 0 bridgehead atoms. The van der Waals surface area contributed by atoms with Crippen LogP contribution in [-0.4, -0.2) is 39.3 Å². The van der Waals surface area contributed by atoms with Gasteiger partial charge in [0.15, 0.2) is 23.1 Å². The molecule has 10 rings (SSSR count). The van der Waals surface area contributed by atoms with Crippen LogP contribution in [0.3, 0.4) is 0 Å². The number of alkyl halides is 3. The van der Waals surface area contributed by atoms with E-state index in [0.717, 1.165) is 98.2 Å². The molecule has 0 saturated heterocycles. The fraction of sp³-hybridized carbons (Fsp3) is 0.429. The average molecular weight is 753 g/mol. The molecule has 4 fully saturated rings. The summed E-state index contributed by atoms with van der Waals surface area (Å²) in [4.78, 5) is 66.6. The fourth-order valence-electron chi connectivity index (χ4n) is 10.5. The van der Waals surface area contributed by atoms with E-state index in [0.29, 0.717) is 21.2 Å². The highest BCUT2D eigenvalue weighted by atomic mass is 32.1. The van der Waals surface area contributed by atoms with E-state index in [1.807, 2.05) is 12.2 Å². The van der Waals surface area contributed by atoms with Gasteiger partial charge in [-0.2, -0.15) is 13.2 Å². The minimum absolute atomic E-state index is 0.0332. The summed E-state index contributed by atoms with van der Waals surface area (Å²) in [7, 11) is 0. The lowest BCUT2D eigenvalue weighted by Crippen LogP contribution is -2.29. The Morgan fingerprint density at radius 2 is 1.08 bits per heavy atom. The molecule has 0 aromatic carbocycles. The van der Waals surface area contributed by atoms with Gasteiger partial charge in [-0.3, -0.25) is 19.2 Å². The molecule has 1 unspecified atom stereocenters. The Kier molecular flexibility index (Phi) is 7.39. The van der Waals surface area contributed by atoms with E-state index >= 15 is 0 Å². The number of allylic oxidation sites excluding steroid dienone is 12. The van der Waals surface area contributed by atoms with Crippen molar-refractivity contribution in [3.8, 4) is 0 Å². The Morgan fingerprint density at radius 3 is 1.53 bits per heavy atom. The van der Waals surface area contributed by atoms with E-state index in [4.69, 9.17) is 9.97 Å². The molecule has 8 aliphatic rings. The molecule has 1 atom stereocenters. The predicted octanol–water partition coefficient (Wildman–Crippen LogP) is 9.48. The maximum absolute atomic E-state index is 13.6. The molecule has 0 aliphatic heterocycles. The van der Waals surface area contributed by atoms with Gasteiger partial charge in [0.1, 0.15) is 10.0 Å². The minimum atomic E-state index is -4.36. The second-order valence-corrected chi connectivity index (χ2v) is 17.8. The highest BCUT2D eigenvalue weighted by molar-refractivity contribution is 7.15. The molecule has 270 valence electrons. The number of halogens is 3. The van der Waals surface area contributed by atoms with Crippen molar-refractivity contribution < 1.29 is 32.3 Å². The lowest BCUT2D eigenvalue weighted by Gasteiger charge is -2.35. The van der Waals surface area contributed by atoms with Crippen molar-refractivity contribution in [2.24, 2.45) is 5.92 Å². The zero-order valence-corrected chi connectivity index (χ0v) is 30.6. The molecular formula is C42H35F3N2O4S2. The summed E-state index contributed by atoms with van der Waals surface area (Å²) in [5.74, 6) is -2.27. The van der Waals surface area contributed by atoms with Crippen LogP contribution in [0.15, 0.2) is 57.7 Å². The van der Waals surface area contributed by atoms with Crippen LogP contribution in [0.2, 0.25) is 0 Å². The lowest BCUT2D eigenvalue weighted by atomic mass is 9.68. The molecule has 53 heavy (non-hydrogen) atoms. The van der Waals surface area contributed by atoms with Crippen LogP contribution in [0.5, 0.6) is 0 Å². The van der Waals surface area contributed by atoms with E-state index in [9.17, 15) is 32.3 Å². The number of carbonyl (C=O) groups excluding carboxylic acids is 4. The summed E-state index contributed by atoms with van der Waals surface area (Å²) in [5, 5.41) is 1.25. The average Bonchev–Trinajstić information content (AvgIpc) is 3.95. The SMILES string of the molecule is O=C1C(=Cc2nc3c(s2)C2=C(c4sc(/C=C5/C(=O)C6=CCC(CC(F)(F)F)C=C6C5=O)nc4C24CCCCC4)C32CCCCC2)C(=O)C2=CCCC=C12. The van der Waals surface area contributed by atoms with Crippen molar-refractivity contribution in [2.45, 2.75) is 107 Å². The molecule has 11 heteroatoms. The van der Waals surface area contributed by atoms with Crippen molar-refractivity contribution in [3.63, 3.8) is 0 Å². The smallest absolute Gasteiger partial charge is 0.288 e. The molecule has 2 aromatic heterocycles. The minimum Gasteiger partial charge on any atom is -0.288 e. The summed E-state index contributed by atoms with van der Waals surface area (Å²) in [5.41, 5.74) is 5.44. The van der Waals surface area contributed by atoms with Crippen LogP contribution in [0.4, 0.5) is 13.2 Å². The maximum Gasteiger partial charge on any atom is 0.389 e. The van der Waals surface area contributed by atoms with Gasteiger partial charge >= 0.3 is 6.18 Å². The Balaban J connectivity index is 1.08. The van der Waals surface area contributed by atoms with Crippen molar-refractivity contribution >= 4 is 69.1 Å². The van der Waals surface area contributed by atoms with Gasteiger partial charge in [0.05, 0.1) is 38.7 Å². The summed E-state index contributed by atoms with van der Waals surface area (Å²) in [6, 6.07) is 0. The Labute approximate surface area is 312 Å². The monoisotopic (exact) mass is 752 g/mol. The summed E-state index contributed by atoms with van der Waals surface area (Å²) in [6.45, 7) is 0. The number of Topliss-reactive ketones (excluding diaryl/α,β-unsaturated/α-hetero) is 4. The highest BCUT2D eigenvalue weighted by Gasteiger charge is 2.60. The first kappa shape index (κ1) is 33.5. The topological polar surface area (TPSA) is 94.1 Å². The number of hydrogen-bond acceptors (Lipinski definition) is 8. The van der Waals surface area contributed by atoms with Gasteiger partial charge in [-0.05, 0) is 74.2 Å². The summed E-state index contributed by atoms with van der Waals surface area (Å²) < 4.78 is 39.5. The van der Waals surface area contributed by atoms with Crippen LogP contribution in [-0.2, 0) is 30.0 Å². The predicted molar refractivity (Wildman–Crippen MR) is 197 cm³/mol. The standard InChI is InChI=1S/C42H35F3N2O4S2/c43-42(44,45)20-21-11-12-24-25(17-21)35(51)27(34(24)50)19-29-47-39-37(53-29)31-30(41(39)15-7-2-8-16-41)36-38(40(31)13-5-1-6-14-40)46-28(52-36)18-26-32(48)22-9-3-4-10-23(22)33(26)49/h9-10,12,17-19,21H,1-8,11,13-16,20H2/b27-19-. The lowest BCUT2D eigenvalue weighted by molar-refractivity contribution is -0.141. The molecule has 6 nitrogen and oxygen atoms in total. The molecule has 2 aromatic rings. The van der Waals surface area contributed by atoms with Gasteiger partial charge < -0.3 is 0 Å². The first-order chi connectivity index (χ1) is 25.5.